The lowest BCUT2D eigenvalue weighted by molar-refractivity contribution is -0.400. The molecule has 20 atom stereocenters. The monoisotopic (exact) mass is 650 g/mol. The van der Waals surface area contributed by atoms with E-state index in [1.807, 2.05) is 0 Å². The Balaban J connectivity index is 1.60. The molecular weight excluding hydrogens is 608 g/mol. The highest BCUT2D eigenvalue weighted by Crippen LogP contribution is 2.34. The molecule has 4 aliphatic rings. The Bertz CT molecular complexity index is 898. The molecule has 0 amide bonds. The van der Waals surface area contributed by atoms with E-state index in [4.69, 9.17) is 33.2 Å². The van der Waals surface area contributed by atoms with E-state index in [0.29, 0.717) is 0 Å². The van der Waals surface area contributed by atoms with Crippen molar-refractivity contribution in [1.29, 1.82) is 0 Å². The van der Waals surface area contributed by atoms with Crippen LogP contribution in [0.2, 0.25) is 0 Å². The van der Waals surface area contributed by atoms with Crippen molar-refractivity contribution in [2.45, 2.75) is 130 Å². The fraction of sp³-hybridized carbons (Fsp3) is 1.00. The zero-order chi connectivity index (χ0) is 32.6. The number of hydrogen-bond donors (Lipinski definition) is 13. The van der Waals surface area contributed by atoms with E-state index in [0.717, 1.165) is 0 Å². The van der Waals surface area contributed by atoms with Crippen molar-refractivity contribution in [2.24, 2.45) is 0 Å². The summed E-state index contributed by atoms with van der Waals surface area (Å²) < 4.78 is 38.6. The van der Waals surface area contributed by atoms with Gasteiger partial charge in [0.25, 0.3) is 0 Å². The van der Waals surface area contributed by atoms with E-state index in [2.05, 4.69) is 0 Å². The highest BCUT2D eigenvalue weighted by atomic mass is 16.8. The van der Waals surface area contributed by atoms with Gasteiger partial charge >= 0.3 is 0 Å². The molecule has 44 heavy (non-hydrogen) atoms. The maximum atomic E-state index is 11.0. The van der Waals surface area contributed by atoms with Crippen molar-refractivity contribution >= 4 is 0 Å². The maximum absolute atomic E-state index is 11.0. The summed E-state index contributed by atoms with van der Waals surface area (Å²) in [4.78, 5) is 0. The molecule has 4 rings (SSSR count). The molecule has 4 aliphatic heterocycles. The fourth-order valence-corrected chi connectivity index (χ4v) is 5.44. The summed E-state index contributed by atoms with van der Waals surface area (Å²) in [7, 11) is 0. The van der Waals surface area contributed by atoms with Gasteiger partial charge in [0, 0.05) is 0 Å². The standard InChI is InChI=1S/C24H42O20/c1-5-9(28)18(20(21(37)38-5)44-23-17(36)14(33)11(30)7(3-26)40-23)42-24-19(15(34)12(31)8(4-27)41-24)43-22-16(35)13(32)10(29)6(2-25)39-22/h5-37H,2-4H2,1H3/t5-,6-,7-,8-,9+,10-,11-,12-,13+,14+,15+,16-,17-,18+,19-,20-,21-,22+,23+,24+/m1/s1. The number of aliphatic hydroxyl groups is 13. The van der Waals surface area contributed by atoms with E-state index >= 15 is 0 Å². The summed E-state index contributed by atoms with van der Waals surface area (Å²) in [6, 6.07) is 0. The van der Waals surface area contributed by atoms with E-state index < -0.39 is 143 Å². The molecule has 4 saturated heterocycles. The number of rotatable bonds is 9. The van der Waals surface area contributed by atoms with Gasteiger partial charge in [-0.05, 0) is 6.92 Å². The van der Waals surface area contributed by atoms with Gasteiger partial charge in [0.05, 0.1) is 25.9 Å². The Morgan fingerprint density at radius 1 is 0.409 bits per heavy atom. The largest absolute Gasteiger partial charge is 0.394 e. The fourth-order valence-electron chi connectivity index (χ4n) is 5.44. The van der Waals surface area contributed by atoms with E-state index in [-0.39, 0.29) is 0 Å². The zero-order valence-corrected chi connectivity index (χ0v) is 23.3. The lowest BCUT2D eigenvalue weighted by Crippen LogP contribution is -2.67. The molecule has 4 fully saturated rings. The summed E-state index contributed by atoms with van der Waals surface area (Å²) in [6.45, 7) is -1.13. The minimum Gasteiger partial charge on any atom is -0.394 e. The minimum atomic E-state index is -1.96. The normalized spacial score (nSPS) is 53.9. The number of hydrogen-bond acceptors (Lipinski definition) is 20. The molecule has 0 saturated carbocycles. The summed E-state index contributed by atoms with van der Waals surface area (Å²) >= 11 is 0. The Morgan fingerprint density at radius 3 is 1.25 bits per heavy atom. The smallest absolute Gasteiger partial charge is 0.187 e. The molecule has 20 nitrogen and oxygen atoms in total. The third-order valence-corrected chi connectivity index (χ3v) is 8.17. The predicted molar refractivity (Wildman–Crippen MR) is 132 cm³/mol. The van der Waals surface area contributed by atoms with Gasteiger partial charge in [-0.3, -0.25) is 0 Å². The molecular formula is C24H42O20. The van der Waals surface area contributed by atoms with Crippen LogP contribution in [0.5, 0.6) is 0 Å². The second-order valence-corrected chi connectivity index (χ2v) is 11.1. The Labute approximate surface area is 249 Å². The van der Waals surface area contributed by atoms with Crippen LogP contribution in [0.1, 0.15) is 6.92 Å². The Hall–Kier alpha value is -0.800. The lowest BCUT2D eigenvalue weighted by atomic mass is 9.96. The Morgan fingerprint density at radius 2 is 0.795 bits per heavy atom. The van der Waals surface area contributed by atoms with Gasteiger partial charge in [0.15, 0.2) is 25.2 Å². The summed E-state index contributed by atoms with van der Waals surface area (Å²) in [5.74, 6) is 0. The van der Waals surface area contributed by atoms with Gasteiger partial charge in [-0.1, -0.05) is 0 Å². The first-order valence-corrected chi connectivity index (χ1v) is 14.0. The van der Waals surface area contributed by atoms with Crippen LogP contribution in [-0.4, -0.2) is 209 Å². The van der Waals surface area contributed by atoms with Crippen LogP contribution in [0.3, 0.4) is 0 Å². The van der Waals surface area contributed by atoms with Gasteiger partial charge < -0.3 is 99.5 Å². The summed E-state index contributed by atoms with van der Waals surface area (Å²) in [6.07, 6.45) is -34.8. The third kappa shape index (κ3) is 7.05. The van der Waals surface area contributed by atoms with Crippen molar-refractivity contribution in [3.05, 3.63) is 0 Å². The highest BCUT2D eigenvalue weighted by Gasteiger charge is 2.55. The van der Waals surface area contributed by atoms with Crippen LogP contribution in [0, 0.1) is 0 Å². The molecule has 0 radical (unpaired) electrons. The predicted octanol–water partition coefficient (Wildman–Crippen LogP) is -8.72. The van der Waals surface area contributed by atoms with Crippen LogP contribution in [0.4, 0.5) is 0 Å². The van der Waals surface area contributed by atoms with Crippen molar-refractivity contribution in [3.63, 3.8) is 0 Å². The minimum absolute atomic E-state index is 0.802. The van der Waals surface area contributed by atoms with Crippen molar-refractivity contribution < 1.29 is 99.5 Å². The van der Waals surface area contributed by atoms with Crippen LogP contribution < -0.4 is 0 Å². The second-order valence-electron chi connectivity index (χ2n) is 11.1. The van der Waals surface area contributed by atoms with Crippen molar-refractivity contribution in [3.8, 4) is 0 Å². The zero-order valence-electron chi connectivity index (χ0n) is 23.3. The maximum Gasteiger partial charge on any atom is 0.187 e. The van der Waals surface area contributed by atoms with Crippen molar-refractivity contribution in [2.75, 3.05) is 19.8 Å². The molecule has 0 aliphatic carbocycles. The molecule has 0 aromatic heterocycles. The van der Waals surface area contributed by atoms with Crippen LogP contribution in [0.25, 0.3) is 0 Å². The average molecular weight is 651 g/mol. The SMILES string of the molecule is C[C@H]1O[C@@H](O)[C@H](O[C@@H]2O[C@H](CO)[C@@H](O)[C@H](O)[C@H]2O)[C@@H](O[C@@H]2O[C@H](CO)[C@@H](O)[C@H](O)[C@H]2O[C@@H]2O[C@H](CO)[C@@H](O)[C@H](O)[C@H]2O)[C@H]1O. The number of ether oxygens (including phenoxy) is 7. The van der Waals surface area contributed by atoms with Gasteiger partial charge in [0.2, 0.25) is 0 Å². The molecule has 0 aromatic carbocycles. The molecule has 13 N–H and O–H groups in total. The molecule has 4 heterocycles. The van der Waals surface area contributed by atoms with E-state index in [1.165, 1.54) is 6.92 Å². The second kappa shape index (κ2) is 15.0. The molecule has 0 aromatic rings. The third-order valence-electron chi connectivity index (χ3n) is 8.17. The first kappa shape index (κ1) is 36.0. The highest BCUT2D eigenvalue weighted by molar-refractivity contribution is 4.97. The van der Waals surface area contributed by atoms with Gasteiger partial charge in [0.1, 0.15) is 91.6 Å². The topological polar surface area (TPSA) is 328 Å². The van der Waals surface area contributed by atoms with Crippen LogP contribution >= 0.6 is 0 Å². The number of aliphatic hydroxyl groups excluding tert-OH is 13. The lowest BCUT2D eigenvalue weighted by Gasteiger charge is -2.49. The van der Waals surface area contributed by atoms with Gasteiger partial charge in [-0.2, -0.15) is 0 Å². The van der Waals surface area contributed by atoms with Gasteiger partial charge in [-0.25, -0.2) is 0 Å². The molecule has 258 valence electrons. The Kier molecular flexibility index (Phi) is 12.3. The van der Waals surface area contributed by atoms with Crippen LogP contribution in [-0.2, 0) is 33.2 Å². The van der Waals surface area contributed by atoms with E-state index in [1.54, 1.807) is 0 Å². The quantitative estimate of drug-likeness (QED) is 0.110. The first-order chi connectivity index (χ1) is 20.7. The summed E-state index contributed by atoms with van der Waals surface area (Å²) in [5.41, 5.74) is 0. The van der Waals surface area contributed by atoms with Crippen molar-refractivity contribution in [1.82, 2.24) is 0 Å². The molecule has 0 unspecified atom stereocenters. The van der Waals surface area contributed by atoms with Gasteiger partial charge in [-0.15, -0.1) is 0 Å². The summed E-state index contributed by atoms with van der Waals surface area (Å²) in [5, 5.41) is 133. The first-order valence-electron chi connectivity index (χ1n) is 14.0. The molecule has 20 heteroatoms. The molecule has 0 bridgehead atoms. The van der Waals surface area contributed by atoms with Crippen LogP contribution in [0.15, 0.2) is 0 Å². The van der Waals surface area contributed by atoms with E-state index in [9.17, 15) is 66.4 Å². The molecule has 0 spiro atoms. The average Bonchev–Trinajstić information content (AvgIpc) is 3.00.